The molecule has 44 heavy (non-hydrogen) atoms. The normalized spacial score (nSPS) is 50.1. The molecule has 0 aromatic carbocycles. The molecule has 0 aromatic heterocycles. The highest BCUT2D eigenvalue weighted by Crippen LogP contribution is 2.62. The number of epoxide rings is 3. The minimum absolute atomic E-state index is 0.606. The van der Waals surface area contributed by atoms with Crippen LogP contribution in [0.1, 0.15) is 57.8 Å². The zero-order valence-corrected chi connectivity index (χ0v) is 32.6. The lowest BCUT2D eigenvalue weighted by molar-refractivity contribution is 0.239. The van der Waals surface area contributed by atoms with Gasteiger partial charge in [0.2, 0.25) is 0 Å². The van der Waals surface area contributed by atoms with Crippen molar-refractivity contribution < 1.29 is 26.6 Å². The van der Waals surface area contributed by atoms with Crippen molar-refractivity contribution in [1.82, 2.24) is 0 Å². The first-order chi connectivity index (χ1) is 20.8. The molecule has 9 rings (SSSR count). The van der Waals surface area contributed by atoms with E-state index in [9.17, 15) is 0 Å². The Morgan fingerprint density at radius 1 is 0.432 bits per heavy atom. The van der Waals surface area contributed by atoms with Crippen LogP contribution in [-0.4, -0.2) is 70.4 Å². The van der Waals surface area contributed by atoms with Gasteiger partial charge in [0.05, 0.1) is 36.6 Å². The van der Waals surface area contributed by atoms with Crippen LogP contribution in [0, 0.1) is 53.3 Å². The molecule has 3 heterocycles. The van der Waals surface area contributed by atoms with Crippen LogP contribution in [-0.2, 0) is 26.6 Å². The summed E-state index contributed by atoms with van der Waals surface area (Å²) >= 11 is 0. The maximum absolute atomic E-state index is 7.40. The van der Waals surface area contributed by atoms with Crippen molar-refractivity contribution in [1.29, 1.82) is 0 Å². The Morgan fingerprint density at radius 2 is 0.727 bits per heavy atom. The standard InChI is InChI=1S/C34H60O6Si4/c1-41(2,11-8-20-14-23-17-26(20)32-29(23)35-32)38-44(7,39-42(3,4)12-9-21-15-24-18-27(21)33-30(24)36-33)40-43(5,6)13-10-22-16-25-19-28(22)34-31(25)37-34/h20-34H,8-19H2,1-7H3. The fraction of sp³-hybridized carbons (Fsp3) is 1.00. The zero-order chi connectivity index (χ0) is 30.4. The van der Waals surface area contributed by atoms with Gasteiger partial charge in [-0.3, -0.25) is 0 Å². The Morgan fingerprint density at radius 3 is 0.977 bits per heavy atom. The van der Waals surface area contributed by atoms with Gasteiger partial charge in [-0.2, -0.15) is 0 Å². The van der Waals surface area contributed by atoms with E-state index in [1.165, 1.54) is 75.9 Å². The summed E-state index contributed by atoms with van der Waals surface area (Å²) in [6.45, 7) is 17.1. The number of rotatable bonds is 15. The lowest BCUT2D eigenvalue weighted by Gasteiger charge is -2.44. The molecule has 0 spiro atoms. The molecule has 6 aliphatic carbocycles. The van der Waals surface area contributed by atoms with Crippen molar-refractivity contribution in [3.63, 3.8) is 0 Å². The molecule has 0 amide bonds. The Bertz CT molecular complexity index is 1010. The van der Waals surface area contributed by atoms with Gasteiger partial charge in [0.15, 0.2) is 25.0 Å². The largest absolute Gasteiger partial charge is 0.466 e. The lowest BCUT2D eigenvalue weighted by atomic mass is 9.87. The molecule has 9 aliphatic rings. The third-order valence-corrected chi connectivity index (χ3v) is 30.0. The number of hydrogen-bond acceptors (Lipinski definition) is 6. The molecule has 0 N–H and O–H groups in total. The highest BCUT2D eigenvalue weighted by molar-refractivity contribution is 6.90. The van der Waals surface area contributed by atoms with Crippen molar-refractivity contribution in [2.24, 2.45) is 53.3 Å². The van der Waals surface area contributed by atoms with Gasteiger partial charge in [0.25, 0.3) is 0 Å². The van der Waals surface area contributed by atoms with Crippen molar-refractivity contribution in [3.8, 4) is 0 Å². The SMILES string of the molecule is C[Si](C)(CCC1CC2CC1C1OC21)O[Si](C)(O[Si](C)(C)CCC1CC2CC1C1OC21)O[Si](C)(C)CCC1CC2CC1C1OC21. The predicted octanol–water partition coefficient (Wildman–Crippen LogP) is 7.66. The van der Waals surface area contributed by atoms with Crippen LogP contribution < -0.4 is 0 Å². The highest BCUT2D eigenvalue weighted by Gasteiger charge is 2.65. The summed E-state index contributed by atoms with van der Waals surface area (Å²) in [7, 11) is -8.80. The summed E-state index contributed by atoms with van der Waals surface area (Å²) in [5, 5.41) is 0. The second kappa shape index (κ2) is 10.3. The van der Waals surface area contributed by atoms with Crippen LogP contribution in [0.4, 0.5) is 0 Å². The van der Waals surface area contributed by atoms with Gasteiger partial charge in [-0.15, -0.1) is 0 Å². The third kappa shape index (κ3) is 5.62. The Labute approximate surface area is 271 Å². The molecule has 9 fully saturated rings. The van der Waals surface area contributed by atoms with E-state index in [4.69, 9.17) is 26.6 Å². The first-order valence-electron chi connectivity index (χ1n) is 18.8. The van der Waals surface area contributed by atoms with E-state index in [1.807, 2.05) is 0 Å². The van der Waals surface area contributed by atoms with Gasteiger partial charge >= 0.3 is 8.80 Å². The van der Waals surface area contributed by atoms with Crippen molar-refractivity contribution in [3.05, 3.63) is 0 Å². The van der Waals surface area contributed by atoms with E-state index in [0.29, 0.717) is 36.6 Å². The van der Waals surface area contributed by atoms with E-state index in [1.54, 1.807) is 0 Å². The molecule has 10 heteroatoms. The molecule has 0 radical (unpaired) electrons. The average molecular weight is 677 g/mol. The fourth-order valence-corrected chi connectivity index (χ4v) is 30.6. The van der Waals surface area contributed by atoms with Crippen LogP contribution in [0.3, 0.4) is 0 Å². The first-order valence-corrected chi connectivity index (χ1v) is 30.4. The molecular formula is C34H60O6Si4. The van der Waals surface area contributed by atoms with E-state index in [0.717, 1.165) is 53.3 Å². The van der Waals surface area contributed by atoms with Crippen molar-refractivity contribution in [2.75, 3.05) is 0 Å². The van der Waals surface area contributed by atoms with Gasteiger partial charge in [-0.1, -0.05) is 19.3 Å². The summed E-state index contributed by atoms with van der Waals surface area (Å²) in [5.74, 6) is 7.58. The van der Waals surface area contributed by atoms with E-state index in [-0.39, 0.29) is 0 Å². The summed E-state index contributed by atoms with van der Waals surface area (Å²) in [6.07, 6.45) is 16.1. The summed E-state index contributed by atoms with van der Waals surface area (Å²) in [6, 6.07) is 3.66. The molecular weight excluding hydrogens is 617 g/mol. The second-order valence-electron chi connectivity index (χ2n) is 19.2. The molecule has 15 atom stereocenters. The number of fused-ring (bicyclic) bond motifs is 15. The molecule has 3 saturated heterocycles. The zero-order valence-electron chi connectivity index (χ0n) is 28.6. The Hall–Kier alpha value is 0.628. The van der Waals surface area contributed by atoms with Gasteiger partial charge in [0.1, 0.15) is 0 Å². The lowest BCUT2D eigenvalue weighted by Crippen LogP contribution is -2.60. The van der Waals surface area contributed by atoms with Crippen LogP contribution in [0.15, 0.2) is 0 Å². The van der Waals surface area contributed by atoms with E-state index >= 15 is 0 Å². The third-order valence-electron chi connectivity index (χ3n) is 14.4. The quantitative estimate of drug-likeness (QED) is 0.131. The Balaban J connectivity index is 0.851. The van der Waals surface area contributed by atoms with E-state index in [2.05, 4.69) is 45.8 Å². The van der Waals surface area contributed by atoms with Crippen LogP contribution in [0.5, 0.6) is 0 Å². The monoisotopic (exact) mass is 676 g/mol. The maximum atomic E-state index is 7.40. The van der Waals surface area contributed by atoms with Crippen LogP contribution in [0.25, 0.3) is 0 Å². The predicted molar refractivity (Wildman–Crippen MR) is 181 cm³/mol. The fourth-order valence-electron chi connectivity index (χ4n) is 12.5. The minimum atomic E-state index is -2.84. The molecule has 248 valence electrons. The van der Waals surface area contributed by atoms with Gasteiger partial charge in [0, 0.05) is 6.55 Å². The number of ether oxygens (including phenoxy) is 3. The summed E-state index contributed by atoms with van der Waals surface area (Å²) in [4.78, 5) is 0. The highest BCUT2D eigenvalue weighted by atomic mass is 28.5. The molecule has 6 saturated carbocycles. The Kier molecular flexibility index (Phi) is 7.20. The van der Waals surface area contributed by atoms with Crippen molar-refractivity contribution in [2.45, 2.75) is 158 Å². The van der Waals surface area contributed by atoms with Gasteiger partial charge < -0.3 is 26.6 Å². The van der Waals surface area contributed by atoms with Gasteiger partial charge in [-0.25, -0.2) is 0 Å². The smallest absolute Gasteiger partial charge is 0.417 e. The van der Waals surface area contributed by atoms with Crippen LogP contribution >= 0.6 is 0 Å². The van der Waals surface area contributed by atoms with Gasteiger partial charge in [-0.05, 0) is 149 Å². The average Bonchev–Trinajstić information content (AvgIpc) is 3.87. The van der Waals surface area contributed by atoms with Crippen LogP contribution in [0.2, 0.25) is 64.0 Å². The van der Waals surface area contributed by atoms with Crippen molar-refractivity contribution >= 4 is 33.8 Å². The summed E-state index contributed by atoms with van der Waals surface area (Å²) < 4.78 is 40.2. The second-order valence-corrected chi connectivity index (χ2v) is 35.5. The molecule has 0 aromatic rings. The topological polar surface area (TPSA) is 65.3 Å². The molecule has 15 unspecified atom stereocenters. The van der Waals surface area contributed by atoms with E-state index < -0.39 is 33.8 Å². The first kappa shape index (κ1) is 30.7. The molecule has 3 aliphatic heterocycles. The minimum Gasteiger partial charge on any atom is -0.417 e. The molecule has 6 nitrogen and oxygen atoms in total. The number of hydrogen-bond donors (Lipinski definition) is 0. The molecule has 6 bridgehead atoms. The maximum Gasteiger partial charge on any atom is 0.466 e. The summed E-state index contributed by atoms with van der Waals surface area (Å²) in [5.41, 5.74) is 0.